The fourth-order valence-corrected chi connectivity index (χ4v) is 3.54. The fraction of sp³-hybridized carbons (Fsp3) is 0.316. The first kappa shape index (κ1) is 16.5. The van der Waals surface area contributed by atoms with E-state index in [4.69, 9.17) is 4.42 Å². The van der Waals surface area contributed by atoms with Crippen molar-refractivity contribution in [2.75, 3.05) is 31.1 Å². The first-order chi connectivity index (χ1) is 12.6. The van der Waals surface area contributed by atoms with E-state index in [1.54, 1.807) is 29.2 Å². The molecule has 7 nitrogen and oxygen atoms in total. The van der Waals surface area contributed by atoms with Gasteiger partial charge in [-0.1, -0.05) is 18.2 Å². The van der Waals surface area contributed by atoms with Gasteiger partial charge in [0, 0.05) is 26.2 Å². The van der Waals surface area contributed by atoms with Crippen LogP contribution in [0.1, 0.15) is 17.0 Å². The van der Waals surface area contributed by atoms with Gasteiger partial charge >= 0.3 is 0 Å². The van der Waals surface area contributed by atoms with Gasteiger partial charge in [0.15, 0.2) is 5.76 Å². The highest BCUT2D eigenvalue weighted by Gasteiger charge is 2.43. The molecule has 0 saturated carbocycles. The van der Waals surface area contributed by atoms with E-state index in [0.717, 1.165) is 0 Å². The molecule has 26 heavy (non-hydrogen) atoms. The van der Waals surface area contributed by atoms with Crippen molar-refractivity contribution in [2.24, 2.45) is 0 Å². The van der Waals surface area contributed by atoms with Gasteiger partial charge in [0.2, 0.25) is 5.91 Å². The summed E-state index contributed by atoms with van der Waals surface area (Å²) in [6.45, 7) is 2.11. The molecule has 7 heteroatoms. The zero-order valence-corrected chi connectivity index (χ0v) is 14.2. The first-order valence-corrected chi connectivity index (χ1v) is 8.64. The second kappa shape index (κ2) is 6.76. The number of hydrogen-bond donors (Lipinski definition) is 0. The van der Waals surface area contributed by atoms with Gasteiger partial charge in [0.25, 0.3) is 11.8 Å². The van der Waals surface area contributed by atoms with Gasteiger partial charge in [0.05, 0.1) is 24.4 Å². The van der Waals surface area contributed by atoms with E-state index in [1.807, 2.05) is 23.1 Å². The molecule has 3 heterocycles. The Bertz CT molecular complexity index is 811. The van der Waals surface area contributed by atoms with Crippen molar-refractivity contribution in [3.05, 3.63) is 54.5 Å². The minimum atomic E-state index is -0.455. The number of furan rings is 1. The Balaban J connectivity index is 1.41. The van der Waals surface area contributed by atoms with Crippen molar-refractivity contribution in [1.82, 2.24) is 9.80 Å². The number of imide groups is 1. The van der Waals surface area contributed by atoms with E-state index < -0.39 is 6.04 Å². The van der Waals surface area contributed by atoms with Crippen LogP contribution >= 0.6 is 0 Å². The summed E-state index contributed by atoms with van der Waals surface area (Å²) in [5, 5.41) is 0. The molecule has 1 aromatic carbocycles. The molecule has 2 aliphatic heterocycles. The van der Waals surface area contributed by atoms with Gasteiger partial charge in [-0.15, -0.1) is 0 Å². The number of nitrogens with zero attached hydrogens (tertiary/aromatic N) is 3. The van der Waals surface area contributed by atoms with E-state index in [9.17, 15) is 14.4 Å². The zero-order valence-electron chi connectivity index (χ0n) is 14.2. The Kier molecular flexibility index (Phi) is 4.30. The average Bonchev–Trinajstić information content (AvgIpc) is 3.30. The first-order valence-electron chi connectivity index (χ1n) is 8.64. The summed E-state index contributed by atoms with van der Waals surface area (Å²) in [6.07, 6.45) is 1.66. The molecule has 0 bridgehead atoms. The van der Waals surface area contributed by atoms with Crippen molar-refractivity contribution < 1.29 is 18.8 Å². The minimum absolute atomic E-state index is 0.144. The monoisotopic (exact) mass is 353 g/mol. The molecule has 0 unspecified atom stereocenters. The average molecular weight is 353 g/mol. The maximum absolute atomic E-state index is 12.8. The molecule has 4 rings (SSSR count). The van der Waals surface area contributed by atoms with Gasteiger partial charge in [0.1, 0.15) is 0 Å². The lowest BCUT2D eigenvalue weighted by atomic mass is 10.1. The van der Waals surface area contributed by atoms with E-state index in [0.29, 0.717) is 37.6 Å². The Morgan fingerprint density at radius 2 is 1.69 bits per heavy atom. The summed E-state index contributed by atoms with van der Waals surface area (Å²) in [5.74, 6) is -0.192. The molecule has 3 amide bonds. The lowest BCUT2D eigenvalue weighted by molar-refractivity contribution is -0.123. The summed E-state index contributed by atoms with van der Waals surface area (Å²) in [5.41, 5.74) is 0.608. The highest BCUT2D eigenvalue weighted by atomic mass is 16.3. The maximum atomic E-state index is 12.8. The standard InChI is InChI=1S/C19H19N3O4/c23-17-13-15(18(24)22(17)14-5-2-1-3-6-14)20-8-10-21(11-9-20)19(25)16-7-4-12-26-16/h1-7,12,15H,8-11,13H2/t15-/m0/s1. The van der Waals surface area contributed by atoms with Crippen LogP contribution in [0.15, 0.2) is 53.1 Å². The highest BCUT2D eigenvalue weighted by Crippen LogP contribution is 2.26. The van der Waals surface area contributed by atoms with E-state index in [-0.39, 0.29) is 24.1 Å². The van der Waals surface area contributed by atoms with Crippen LogP contribution < -0.4 is 4.90 Å². The Labute approximate surface area is 150 Å². The largest absolute Gasteiger partial charge is 0.459 e. The number of hydrogen-bond acceptors (Lipinski definition) is 5. The van der Waals surface area contributed by atoms with E-state index >= 15 is 0 Å². The molecule has 2 aromatic rings. The predicted octanol–water partition coefficient (Wildman–Crippen LogP) is 1.37. The third-order valence-corrected chi connectivity index (χ3v) is 4.91. The molecule has 2 fully saturated rings. The van der Waals surface area contributed by atoms with Crippen LogP contribution in [-0.2, 0) is 9.59 Å². The lowest BCUT2D eigenvalue weighted by Crippen LogP contribution is -2.53. The molecule has 1 aromatic heterocycles. The molecular formula is C19H19N3O4. The van der Waals surface area contributed by atoms with Crippen molar-refractivity contribution in [3.63, 3.8) is 0 Å². The highest BCUT2D eigenvalue weighted by molar-refractivity contribution is 6.22. The van der Waals surface area contributed by atoms with Gasteiger partial charge in [-0.2, -0.15) is 0 Å². The SMILES string of the molecule is O=C(c1ccco1)N1CCN([C@H]2CC(=O)N(c3ccccc3)C2=O)CC1. The normalized spacial score (nSPS) is 21.5. The molecule has 0 N–H and O–H groups in total. The number of carbonyl (C=O) groups excluding carboxylic acids is 3. The Morgan fingerprint density at radius 1 is 0.962 bits per heavy atom. The Hall–Kier alpha value is -2.93. The fourth-order valence-electron chi connectivity index (χ4n) is 3.54. The molecule has 0 radical (unpaired) electrons. The summed E-state index contributed by atoms with van der Waals surface area (Å²) in [4.78, 5) is 42.5. The number of amides is 3. The molecule has 134 valence electrons. The minimum Gasteiger partial charge on any atom is -0.459 e. The summed E-state index contributed by atoms with van der Waals surface area (Å²) in [6, 6.07) is 11.9. The van der Waals surface area contributed by atoms with Crippen LogP contribution in [0.5, 0.6) is 0 Å². The molecule has 2 saturated heterocycles. The zero-order chi connectivity index (χ0) is 18.1. The van der Waals surface area contributed by atoms with Crippen LogP contribution in [0.4, 0.5) is 5.69 Å². The van der Waals surface area contributed by atoms with Crippen molar-refractivity contribution in [2.45, 2.75) is 12.5 Å². The van der Waals surface area contributed by atoms with Crippen molar-refractivity contribution in [1.29, 1.82) is 0 Å². The quantitative estimate of drug-likeness (QED) is 0.779. The topological polar surface area (TPSA) is 74.1 Å². The molecule has 1 atom stereocenters. The van der Waals surface area contributed by atoms with Crippen molar-refractivity contribution in [3.8, 4) is 0 Å². The maximum Gasteiger partial charge on any atom is 0.289 e. The lowest BCUT2D eigenvalue weighted by Gasteiger charge is -2.36. The summed E-state index contributed by atoms with van der Waals surface area (Å²) in [7, 11) is 0. The number of rotatable bonds is 3. The molecule has 2 aliphatic rings. The van der Waals surface area contributed by atoms with Crippen LogP contribution in [0.2, 0.25) is 0 Å². The van der Waals surface area contributed by atoms with Crippen LogP contribution in [-0.4, -0.2) is 59.7 Å². The smallest absolute Gasteiger partial charge is 0.289 e. The van der Waals surface area contributed by atoms with E-state index in [1.165, 1.54) is 11.2 Å². The van der Waals surface area contributed by atoms with Crippen molar-refractivity contribution >= 4 is 23.4 Å². The third-order valence-electron chi connectivity index (χ3n) is 4.91. The second-order valence-electron chi connectivity index (χ2n) is 6.43. The molecule has 0 spiro atoms. The van der Waals surface area contributed by atoms with Crippen LogP contribution in [0, 0.1) is 0 Å². The second-order valence-corrected chi connectivity index (χ2v) is 6.43. The predicted molar refractivity (Wildman–Crippen MR) is 93.5 cm³/mol. The molecular weight excluding hydrogens is 334 g/mol. The third kappa shape index (κ3) is 2.90. The van der Waals surface area contributed by atoms with Gasteiger partial charge in [-0.05, 0) is 24.3 Å². The van der Waals surface area contributed by atoms with Gasteiger partial charge in [-0.3, -0.25) is 19.3 Å². The van der Waals surface area contributed by atoms with Crippen LogP contribution in [0.3, 0.4) is 0 Å². The number of benzene rings is 1. The van der Waals surface area contributed by atoms with E-state index in [2.05, 4.69) is 0 Å². The summed E-state index contributed by atoms with van der Waals surface area (Å²) >= 11 is 0. The number of anilines is 1. The number of para-hydroxylation sites is 1. The number of carbonyl (C=O) groups is 3. The molecule has 0 aliphatic carbocycles. The van der Waals surface area contributed by atoms with Gasteiger partial charge in [-0.25, -0.2) is 4.90 Å². The number of piperazine rings is 1. The van der Waals surface area contributed by atoms with Gasteiger partial charge < -0.3 is 9.32 Å². The Morgan fingerprint density at radius 3 is 2.35 bits per heavy atom. The summed E-state index contributed by atoms with van der Waals surface area (Å²) < 4.78 is 5.16. The van der Waals surface area contributed by atoms with Crippen LogP contribution in [0.25, 0.3) is 0 Å².